The van der Waals surface area contributed by atoms with Crippen molar-refractivity contribution in [1.29, 1.82) is 0 Å². The minimum atomic E-state index is -0.936. The van der Waals surface area contributed by atoms with Crippen molar-refractivity contribution >= 4 is 28.6 Å². The molecule has 1 heterocycles. The van der Waals surface area contributed by atoms with Crippen LogP contribution in [-0.4, -0.2) is 40.0 Å². The molecule has 0 spiro atoms. The molecule has 0 atom stereocenters. The summed E-state index contributed by atoms with van der Waals surface area (Å²) in [5, 5.41) is 9.36. The lowest BCUT2D eigenvalue weighted by atomic mass is 10.1. The van der Waals surface area contributed by atoms with Crippen LogP contribution in [0, 0.1) is 0 Å². The van der Waals surface area contributed by atoms with E-state index in [-0.39, 0.29) is 6.42 Å². The molecule has 5 nitrogen and oxygen atoms in total. The number of nitrogens with zero attached hydrogens (tertiary/aromatic N) is 3. The third-order valence-corrected chi connectivity index (χ3v) is 2.97. The van der Waals surface area contributed by atoms with Gasteiger partial charge in [-0.25, -0.2) is 4.98 Å². The molecule has 0 amide bonds. The average Bonchev–Trinajstić information content (AvgIpc) is 2.32. The largest absolute Gasteiger partial charge is 0.481 e. The fourth-order valence-electron chi connectivity index (χ4n) is 1.86. The summed E-state index contributed by atoms with van der Waals surface area (Å²) in [5.41, 5.74) is 2.52. The zero-order valence-corrected chi connectivity index (χ0v) is 11.5. The Kier molecular flexibility index (Phi) is 3.97. The molecular weight excluding hydrogens is 266 g/mol. The van der Waals surface area contributed by atoms with Crippen molar-refractivity contribution in [3.05, 3.63) is 34.6 Å². The molecule has 0 aliphatic rings. The van der Waals surface area contributed by atoms with E-state index < -0.39 is 5.97 Å². The molecule has 0 saturated heterocycles. The zero-order chi connectivity index (χ0) is 14.0. The Morgan fingerprint density at radius 2 is 2.16 bits per heavy atom. The molecule has 0 aliphatic heterocycles. The number of carboxylic acid groups (broad SMARTS) is 1. The maximum absolute atomic E-state index is 10.9. The van der Waals surface area contributed by atoms with E-state index in [0.29, 0.717) is 28.2 Å². The zero-order valence-electron chi connectivity index (χ0n) is 10.7. The summed E-state index contributed by atoms with van der Waals surface area (Å²) in [5.74, 6) is -0.936. The SMILES string of the molecule is CN(C)Cc1cnc2ccc(Cl)c(CC(=O)O)c2n1. The van der Waals surface area contributed by atoms with Gasteiger partial charge in [-0.3, -0.25) is 9.78 Å². The van der Waals surface area contributed by atoms with Gasteiger partial charge in [0.1, 0.15) is 0 Å². The molecule has 100 valence electrons. The molecule has 0 fully saturated rings. The molecule has 0 unspecified atom stereocenters. The first-order chi connectivity index (χ1) is 8.97. The lowest BCUT2D eigenvalue weighted by Crippen LogP contribution is -2.12. The van der Waals surface area contributed by atoms with Crippen LogP contribution in [0.3, 0.4) is 0 Å². The first-order valence-electron chi connectivity index (χ1n) is 5.77. The second-order valence-electron chi connectivity index (χ2n) is 4.56. The second-order valence-corrected chi connectivity index (χ2v) is 4.97. The summed E-state index contributed by atoms with van der Waals surface area (Å²) < 4.78 is 0. The van der Waals surface area contributed by atoms with Gasteiger partial charge in [-0.15, -0.1) is 0 Å². The van der Waals surface area contributed by atoms with E-state index >= 15 is 0 Å². The van der Waals surface area contributed by atoms with Gasteiger partial charge in [-0.1, -0.05) is 11.6 Å². The molecule has 2 aromatic rings. The number of aromatic nitrogens is 2. The van der Waals surface area contributed by atoms with Gasteiger partial charge in [-0.05, 0) is 26.2 Å². The molecular formula is C13H14ClN3O2. The Morgan fingerprint density at radius 1 is 1.42 bits per heavy atom. The molecule has 2 rings (SSSR count). The van der Waals surface area contributed by atoms with Gasteiger partial charge in [0, 0.05) is 17.1 Å². The average molecular weight is 280 g/mol. The Bertz CT molecular complexity index is 629. The van der Waals surface area contributed by atoms with Crippen molar-refractivity contribution < 1.29 is 9.90 Å². The number of hydrogen-bond donors (Lipinski definition) is 1. The van der Waals surface area contributed by atoms with E-state index in [2.05, 4.69) is 9.97 Å². The van der Waals surface area contributed by atoms with Crippen molar-refractivity contribution in [1.82, 2.24) is 14.9 Å². The van der Waals surface area contributed by atoms with E-state index in [4.69, 9.17) is 16.7 Å². The molecule has 1 aromatic heterocycles. The van der Waals surface area contributed by atoms with Crippen LogP contribution in [0.5, 0.6) is 0 Å². The van der Waals surface area contributed by atoms with E-state index in [1.807, 2.05) is 19.0 Å². The number of carboxylic acids is 1. The van der Waals surface area contributed by atoms with Crippen LogP contribution in [0.4, 0.5) is 0 Å². The maximum atomic E-state index is 10.9. The lowest BCUT2D eigenvalue weighted by molar-refractivity contribution is -0.136. The summed E-state index contributed by atoms with van der Waals surface area (Å²) in [7, 11) is 3.87. The third-order valence-electron chi connectivity index (χ3n) is 2.62. The normalized spacial score (nSPS) is 11.2. The maximum Gasteiger partial charge on any atom is 0.307 e. The number of benzene rings is 1. The topological polar surface area (TPSA) is 66.3 Å². The van der Waals surface area contributed by atoms with Crippen molar-refractivity contribution in [3.63, 3.8) is 0 Å². The molecule has 0 radical (unpaired) electrons. The van der Waals surface area contributed by atoms with Crippen LogP contribution < -0.4 is 0 Å². The van der Waals surface area contributed by atoms with E-state index in [0.717, 1.165) is 5.69 Å². The number of carbonyl (C=O) groups is 1. The van der Waals surface area contributed by atoms with Crippen molar-refractivity contribution in [3.8, 4) is 0 Å². The fourth-order valence-corrected chi connectivity index (χ4v) is 2.08. The fraction of sp³-hybridized carbons (Fsp3) is 0.308. The number of halogens is 1. The Labute approximate surface area is 115 Å². The Balaban J connectivity index is 2.56. The number of hydrogen-bond acceptors (Lipinski definition) is 4. The number of fused-ring (bicyclic) bond motifs is 1. The van der Waals surface area contributed by atoms with E-state index in [1.165, 1.54) is 0 Å². The van der Waals surface area contributed by atoms with Crippen molar-refractivity contribution in [2.24, 2.45) is 0 Å². The molecule has 0 saturated carbocycles. The van der Waals surface area contributed by atoms with Gasteiger partial charge in [-0.2, -0.15) is 0 Å². The smallest absolute Gasteiger partial charge is 0.307 e. The quantitative estimate of drug-likeness (QED) is 0.927. The molecule has 0 aliphatic carbocycles. The monoisotopic (exact) mass is 279 g/mol. The molecule has 1 N–H and O–H groups in total. The van der Waals surface area contributed by atoms with Gasteiger partial charge in [0.05, 0.1) is 29.3 Å². The molecule has 0 bridgehead atoms. The predicted octanol–water partition coefficient (Wildman–Crippen LogP) is 1.97. The minimum absolute atomic E-state index is 0.156. The minimum Gasteiger partial charge on any atom is -0.481 e. The van der Waals surface area contributed by atoms with Gasteiger partial charge >= 0.3 is 5.97 Å². The summed E-state index contributed by atoms with van der Waals surface area (Å²) in [6, 6.07) is 3.40. The summed E-state index contributed by atoms with van der Waals surface area (Å²) in [4.78, 5) is 21.7. The summed E-state index contributed by atoms with van der Waals surface area (Å²) in [6.45, 7) is 0.641. The van der Waals surface area contributed by atoms with E-state index in [1.54, 1.807) is 18.3 Å². The van der Waals surface area contributed by atoms with Crippen molar-refractivity contribution in [2.45, 2.75) is 13.0 Å². The van der Waals surface area contributed by atoms with E-state index in [9.17, 15) is 4.79 Å². The van der Waals surface area contributed by atoms with Crippen LogP contribution in [0.15, 0.2) is 18.3 Å². The number of aliphatic carboxylic acids is 1. The third kappa shape index (κ3) is 3.19. The van der Waals surface area contributed by atoms with Crippen LogP contribution in [0.1, 0.15) is 11.3 Å². The highest BCUT2D eigenvalue weighted by molar-refractivity contribution is 6.32. The van der Waals surface area contributed by atoms with Crippen molar-refractivity contribution in [2.75, 3.05) is 14.1 Å². The highest BCUT2D eigenvalue weighted by Crippen LogP contribution is 2.24. The second kappa shape index (κ2) is 5.50. The Hall–Kier alpha value is -1.72. The standard InChI is InChI=1S/C13H14ClN3O2/c1-17(2)7-8-6-15-11-4-3-10(14)9(5-12(18)19)13(11)16-8/h3-4,6H,5,7H2,1-2H3,(H,18,19). The Morgan fingerprint density at radius 3 is 2.79 bits per heavy atom. The van der Waals surface area contributed by atoms with Gasteiger partial charge in [0.25, 0.3) is 0 Å². The molecule has 1 aromatic carbocycles. The highest BCUT2D eigenvalue weighted by atomic mass is 35.5. The summed E-state index contributed by atoms with van der Waals surface area (Å²) >= 11 is 6.06. The van der Waals surface area contributed by atoms with Crippen LogP contribution >= 0.6 is 11.6 Å². The first-order valence-corrected chi connectivity index (χ1v) is 6.14. The van der Waals surface area contributed by atoms with Crippen LogP contribution in [-0.2, 0) is 17.8 Å². The lowest BCUT2D eigenvalue weighted by Gasteiger charge is -2.11. The molecule has 6 heteroatoms. The van der Waals surface area contributed by atoms with Gasteiger partial charge in [0.15, 0.2) is 0 Å². The first kappa shape index (κ1) is 13.7. The highest BCUT2D eigenvalue weighted by Gasteiger charge is 2.13. The van der Waals surface area contributed by atoms with Gasteiger partial charge < -0.3 is 10.0 Å². The van der Waals surface area contributed by atoms with Crippen LogP contribution in [0.25, 0.3) is 11.0 Å². The van der Waals surface area contributed by atoms with Crippen LogP contribution in [0.2, 0.25) is 5.02 Å². The number of rotatable bonds is 4. The molecule has 19 heavy (non-hydrogen) atoms. The summed E-state index contributed by atoms with van der Waals surface area (Å²) in [6.07, 6.45) is 1.54. The van der Waals surface area contributed by atoms with Gasteiger partial charge in [0.2, 0.25) is 0 Å². The predicted molar refractivity (Wildman–Crippen MR) is 73.3 cm³/mol.